The van der Waals surface area contributed by atoms with Crippen molar-refractivity contribution in [3.63, 3.8) is 0 Å². The molecule has 1 N–H and O–H groups in total. The molecule has 4 nitrogen and oxygen atoms in total. The normalized spacial score (nSPS) is 18.2. The molecule has 2 aliphatic rings. The maximum Gasteiger partial charge on any atom is 0.251 e. The van der Waals surface area contributed by atoms with Gasteiger partial charge in [-0.05, 0) is 68.1 Å². The standard InChI is InChI=1S/C23H29N3O/c1-25-13-7-10-19-16-20(11-12-21(19)25)22(26-14-5-6-15-26)17-24-23(27)18-8-3-2-4-9-18/h2-4,8-9,11-12,16,22H,5-7,10,13-15,17H2,1H3,(H,24,27). The Bertz CT molecular complexity index is 783. The summed E-state index contributed by atoms with van der Waals surface area (Å²) < 4.78 is 0. The average molecular weight is 364 g/mol. The minimum absolute atomic E-state index is 0.0116. The van der Waals surface area contributed by atoms with Gasteiger partial charge < -0.3 is 10.2 Å². The molecular formula is C23H29N3O. The van der Waals surface area contributed by atoms with Crippen LogP contribution in [0.15, 0.2) is 48.5 Å². The van der Waals surface area contributed by atoms with Gasteiger partial charge in [0.1, 0.15) is 0 Å². The zero-order valence-corrected chi connectivity index (χ0v) is 16.2. The first-order valence-corrected chi connectivity index (χ1v) is 10.1. The Balaban J connectivity index is 1.53. The highest BCUT2D eigenvalue weighted by Gasteiger charge is 2.25. The van der Waals surface area contributed by atoms with E-state index in [1.165, 1.54) is 36.1 Å². The summed E-state index contributed by atoms with van der Waals surface area (Å²) in [5.74, 6) is 0.0116. The van der Waals surface area contributed by atoms with E-state index in [0.29, 0.717) is 6.54 Å². The fourth-order valence-corrected chi connectivity index (χ4v) is 4.40. The van der Waals surface area contributed by atoms with Crippen LogP contribution in [0.4, 0.5) is 5.69 Å². The maximum atomic E-state index is 12.5. The lowest BCUT2D eigenvalue weighted by Crippen LogP contribution is -2.37. The van der Waals surface area contributed by atoms with Crippen LogP contribution in [0, 0.1) is 0 Å². The molecule has 2 aromatic rings. The van der Waals surface area contributed by atoms with Crippen LogP contribution in [0.3, 0.4) is 0 Å². The number of carbonyl (C=O) groups excluding carboxylic acids is 1. The maximum absolute atomic E-state index is 12.5. The van der Waals surface area contributed by atoms with Crippen molar-refractivity contribution in [1.29, 1.82) is 0 Å². The Hall–Kier alpha value is -2.33. The summed E-state index contributed by atoms with van der Waals surface area (Å²) >= 11 is 0. The number of hydrogen-bond donors (Lipinski definition) is 1. The highest BCUT2D eigenvalue weighted by Crippen LogP contribution is 2.31. The lowest BCUT2D eigenvalue weighted by Gasteiger charge is -2.32. The number of aryl methyl sites for hydroxylation is 1. The summed E-state index contributed by atoms with van der Waals surface area (Å²) in [4.78, 5) is 17.4. The van der Waals surface area contributed by atoms with Crippen LogP contribution in [0.1, 0.15) is 46.8 Å². The third kappa shape index (κ3) is 4.01. The van der Waals surface area contributed by atoms with Gasteiger partial charge in [-0.1, -0.05) is 30.3 Å². The van der Waals surface area contributed by atoms with Crippen LogP contribution >= 0.6 is 0 Å². The van der Waals surface area contributed by atoms with Gasteiger partial charge in [0.05, 0.1) is 6.04 Å². The van der Waals surface area contributed by atoms with Crippen LogP contribution in [0.5, 0.6) is 0 Å². The molecule has 4 rings (SSSR count). The van der Waals surface area contributed by atoms with Crippen molar-refractivity contribution in [3.8, 4) is 0 Å². The molecule has 2 heterocycles. The van der Waals surface area contributed by atoms with E-state index in [2.05, 4.69) is 40.4 Å². The quantitative estimate of drug-likeness (QED) is 0.881. The Morgan fingerprint density at radius 1 is 1.04 bits per heavy atom. The van der Waals surface area contributed by atoms with Crippen molar-refractivity contribution in [2.45, 2.75) is 31.7 Å². The second kappa shape index (κ2) is 8.13. The molecule has 0 aromatic heterocycles. The Labute approximate surface area is 162 Å². The highest BCUT2D eigenvalue weighted by atomic mass is 16.1. The lowest BCUT2D eigenvalue weighted by molar-refractivity contribution is 0.0938. The number of nitrogens with one attached hydrogen (secondary N) is 1. The third-order valence-electron chi connectivity index (χ3n) is 5.91. The van der Waals surface area contributed by atoms with Crippen LogP contribution in [0.25, 0.3) is 0 Å². The summed E-state index contributed by atoms with van der Waals surface area (Å²) in [5, 5.41) is 3.17. The zero-order chi connectivity index (χ0) is 18.6. The Morgan fingerprint density at radius 3 is 2.59 bits per heavy atom. The summed E-state index contributed by atoms with van der Waals surface area (Å²) in [6, 6.07) is 16.7. The van der Waals surface area contributed by atoms with Gasteiger partial charge >= 0.3 is 0 Å². The number of hydrogen-bond acceptors (Lipinski definition) is 3. The lowest BCUT2D eigenvalue weighted by atomic mass is 9.96. The molecule has 1 unspecified atom stereocenters. The Kier molecular flexibility index (Phi) is 5.44. The Morgan fingerprint density at radius 2 is 1.81 bits per heavy atom. The van der Waals surface area contributed by atoms with E-state index in [0.717, 1.165) is 31.6 Å². The third-order valence-corrected chi connectivity index (χ3v) is 5.91. The van der Waals surface area contributed by atoms with Crippen molar-refractivity contribution in [1.82, 2.24) is 10.2 Å². The molecule has 0 saturated carbocycles. The predicted octanol–water partition coefficient (Wildman–Crippen LogP) is 3.64. The van der Waals surface area contributed by atoms with Crippen LogP contribution in [-0.4, -0.2) is 44.0 Å². The molecule has 0 radical (unpaired) electrons. The zero-order valence-electron chi connectivity index (χ0n) is 16.2. The predicted molar refractivity (Wildman–Crippen MR) is 110 cm³/mol. The molecule has 1 amide bonds. The molecule has 0 spiro atoms. The van der Waals surface area contributed by atoms with E-state index in [1.807, 2.05) is 30.3 Å². The molecule has 27 heavy (non-hydrogen) atoms. The minimum Gasteiger partial charge on any atom is -0.374 e. The van der Waals surface area contributed by atoms with E-state index < -0.39 is 0 Å². The molecule has 1 fully saturated rings. The van der Waals surface area contributed by atoms with Gasteiger partial charge in [-0.25, -0.2) is 0 Å². The molecule has 4 heteroatoms. The molecule has 2 aromatic carbocycles. The molecule has 2 aliphatic heterocycles. The largest absolute Gasteiger partial charge is 0.374 e. The number of fused-ring (bicyclic) bond motifs is 1. The second-order valence-electron chi connectivity index (χ2n) is 7.75. The topological polar surface area (TPSA) is 35.6 Å². The van der Waals surface area contributed by atoms with Crippen molar-refractivity contribution < 1.29 is 4.79 Å². The number of likely N-dealkylation sites (tertiary alicyclic amines) is 1. The van der Waals surface area contributed by atoms with Crippen LogP contribution in [-0.2, 0) is 6.42 Å². The molecular weight excluding hydrogens is 334 g/mol. The summed E-state index contributed by atoms with van der Waals surface area (Å²) in [5.41, 5.74) is 4.86. The van der Waals surface area contributed by atoms with E-state index in [1.54, 1.807) is 0 Å². The fraction of sp³-hybridized carbons (Fsp3) is 0.435. The minimum atomic E-state index is 0.0116. The first-order chi connectivity index (χ1) is 13.2. The second-order valence-corrected chi connectivity index (χ2v) is 7.75. The summed E-state index contributed by atoms with van der Waals surface area (Å²) in [7, 11) is 2.18. The first kappa shape index (κ1) is 18.1. The first-order valence-electron chi connectivity index (χ1n) is 10.1. The van der Waals surface area contributed by atoms with Crippen LogP contribution < -0.4 is 10.2 Å². The van der Waals surface area contributed by atoms with Gasteiger partial charge in [0, 0.05) is 31.4 Å². The highest BCUT2D eigenvalue weighted by molar-refractivity contribution is 5.94. The van der Waals surface area contributed by atoms with Crippen molar-refractivity contribution in [3.05, 3.63) is 65.2 Å². The van der Waals surface area contributed by atoms with Crippen molar-refractivity contribution in [2.75, 3.05) is 38.1 Å². The number of rotatable bonds is 5. The van der Waals surface area contributed by atoms with E-state index in [9.17, 15) is 4.79 Å². The molecule has 1 atom stereocenters. The number of amides is 1. The van der Waals surface area contributed by atoms with Gasteiger partial charge in [-0.2, -0.15) is 0 Å². The van der Waals surface area contributed by atoms with E-state index in [-0.39, 0.29) is 11.9 Å². The number of benzene rings is 2. The van der Waals surface area contributed by atoms with E-state index in [4.69, 9.17) is 0 Å². The molecule has 0 bridgehead atoms. The molecule has 1 saturated heterocycles. The van der Waals surface area contributed by atoms with Gasteiger partial charge in [0.25, 0.3) is 5.91 Å². The monoisotopic (exact) mass is 363 g/mol. The number of anilines is 1. The summed E-state index contributed by atoms with van der Waals surface area (Å²) in [6.07, 6.45) is 4.86. The number of carbonyl (C=O) groups is 1. The molecule has 142 valence electrons. The summed E-state index contributed by atoms with van der Waals surface area (Å²) in [6.45, 7) is 4.02. The van der Waals surface area contributed by atoms with Gasteiger partial charge in [0.2, 0.25) is 0 Å². The van der Waals surface area contributed by atoms with Crippen molar-refractivity contribution in [2.24, 2.45) is 0 Å². The van der Waals surface area contributed by atoms with Gasteiger partial charge in [-0.3, -0.25) is 9.69 Å². The van der Waals surface area contributed by atoms with Crippen LogP contribution in [0.2, 0.25) is 0 Å². The van der Waals surface area contributed by atoms with Crippen molar-refractivity contribution >= 4 is 11.6 Å². The SMILES string of the molecule is CN1CCCc2cc(C(CNC(=O)c3ccccc3)N3CCCC3)ccc21. The fourth-order valence-electron chi connectivity index (χ4n) is 4.40. The van der Waals surface area contributed by atoms with Gasteiger partial charge in [-0.15, -0.1) is 0 Å². The smallest absolute Gasteiger partial charge is 0.251 e. The number of nitrogens with zero attached hydrogens (tertiary/aromatic N) is 2. The van der Waals surface area contributed by atoms with E-state index >= 15 is 0 Å². The average Bonchev–Trinajstić information content (AvgIpc) is 3.23. The van der Waals surface area contributed by atoms with Gasteiger partial charge in [0.15, 0.2) is 0 Å². The molecule has 0 aliphatic carbocycles.